The molecule has 0 spiro atoms. The maximum atomic E-state index is 2.51. The van der Waals surface area contributed by atoms with E-state index in [9.17, 15) is 0 Å². The fourth-order valence-corrected chi connectivity index (χ4v) is 0. The number of hydrogen-bond donors (Lipinski definition) is 0. The Bertz CT molecular complexity index is 11.6. The van der Waals surface area contributed by atoms with Gasteiger partial charge in [-0.1, -0.05) is 0 Å². The van der Waals surface area contributed by atoms with E-state index in [0.29, 0.717) is 0 Å². The van der Waals surface area contributed by atoms with Crippen LogP contribution in [0.5, 0.6) is 0 Å². The van der Waals surface area contributed by atoms with E-state index < -0.39 is 7.86 Å². The molecule has 5 heavy (non-hydrogen) atoms. The van der Waals surface area contributed by atoms with Crippen molar-refractivity contribution < 1.29 is 0 Å². The fraction of sp³-hybridized carbons (Fsp3) is 0. The zero-order valence-electron chi connectivity index (χ0n) is 2.63. The van der Waals surface area contributed by atoms with Crippen LogP contribution in [0.25, 0.3) is 0 Å². The first kappa shape index (κ1) is 12.7. The molecule has 0 amide bonds. The molecule has 0 atom stereocenters. The summed E-state index contributed by atoms with van der Waals surface area (Å²) in [5.41, 5.74) is 0. The molecule has 26 valence electrons. The van der Waals surface area contributed by atoms with Crippen molar-refractivity contribution in [2.45, 2.75) is 0 Å². The van der Waals surface area contributed by atoms with Crippen molar-refractivity contribution in [1.82, 2.24) is 0 Å². The van der Waals surface area contributed by atoms with E-state index in [2.05, 4.69) is 55.9 Å². The van der Waals surface area contributed by atoms with Gasteiger partial charge in [0.1, 0.15) is 0 Å². The molecule has 0 saturated heterocycles. The molecule has 0 N–H and O–H groups in total. The van der Waals surface area contributed by atoms with Gasteiger partial charge in [-0.15, -0.1) is 0 Å². The van der Waals surface area contributed by atoms with Crippen LogP contribution in [0.1, 0.15) is 0 Å². The summed E-state index contributed by atoms with van der Waals surface area (Å²) in [4.78, 5) is 0. The Labute approximate surface area is 127 Å². The third-order valence-corrected chi connectivity index (χ3v) is 0. The second kappa shape index (κ2) is 9.04. The molecule has 0 aromatic rings. The molecule has 0 rings (SSSR count). The molecule has 0 aliphatic heterocycles. The Morgan fingerprint density at radius 2 is 1.00 bits per heavy atom. The van der Waals surface area contributed by atoms with Gasteiger partial charge in [-0.25, -0.2) is 0 Å². The molecule has 5 heteroatoms. The van der Waals surface area contributed by atoms with E-state index in [4.69, 9.17) is 0 Å². The summed E-state index contributed by atoms with van der Waals surface area (Å²) in [5.74, 6) is 0. The molecular weight excluding hydrogens is 632 g/mol. The van der Waals surface area contributed by atoms with E-state index in [1.165, 1.54) is 0 Å². The van der Waals surface area contributed by atoms with Crippen LogP contribution in [0, 0.1) is 0 Å². The second-order valence-electron chi connectivity index (χ2n) is 0.214. The molecule has 0 nitrogen and oxygen atoms in total. The van der Waals surface area contributed by atoms with E-state index >= 15 is 0 Å². The maximum absolute atomic E-state index is 2.51. The van der Waals surface area contributed by atoms with Gasteiger partial charge in [-0.3, -0.25) is 0 Å². The van der Waals surface area contributed by atoms with Crippen molar-refractivity contribution in [1.29, 1.82) is 0 Å². The van der Waals surface area contributed by atoms with Gasteiger partial charge in [0.25, 0.3) is 0 Å². The van der Waals surface area contributed by atoms with Crippen molar-refractivity contribution >= 4 is 133 Å². The standard InChI is InChI=1S/Cs.3HI.Sn/h;3*1H;/q;;;;+3/p-3. The summed E-state index contributed by atoms with van der Waals surface area (Å²) in [6.45, 7) is 0. The first-order valence-corrected chi connectivity index (χ1v) is 25.5. The molecule has 0 aliphatic rings. The SMILES string of the molecule is [Cs].[I][Sn]([I])[I]. The van der Waals surface area contributed by atoms with Crippen molar-refractivity contribution in [3.05, 3.63) is 0 Å². The quantitative estimate of drug-likeness (QED) is 0.283. The van der Waals surface area contributed by atoms with Crippen LogP contribution in [0.15, 0.2) is 0 Å². The Morgan fingerprint density at radius 1 is 1.00 bits per heavy atom. The summed E-state index contributed by atoms with van der Waals surface area (Å²) < 4.78 is 0. The van der Waals surface area contributed by atoms with Gasteiger partial charge in [-0.2, -0.15) is 0 Å². The van der Waals surface area contributed by atoms with Crippen LogP contribution in [0.4, 0.5) is 0 Å². The van der Waals surface area contributed by atoms with Crippen molar-refractivity contribution in [3.63, 3.8) is 0 Å². The zero-order chi connectivity index (χ0) is 3.58. The first-order valence-electron chi connectivity index (χ1n) is 0.567. The van der Waals surface area contributed by atoms with Gasteiger partial charge >= 0.3 is 63.8 Å². The van der Waals surface area contributed by atoms with E-state index in [1.807, 2.05) is 0 Å². The topological polar surface area (TPSA) is 0 Å². The number of hydrogen-bond acceptors (Lipinski definition) is 0. The Hall–Kier alpha value is 5.04. The average Bonchev–Trinajstić information content (AvgIpc) is 0.811. The number of halogens is 3. The molecule has 0 saturated carbocycles. The van der Waals surface area contributed by atoms with Crippen molar-refractivity contribution in [2.24, 2.45) is 0 Å². The molecule has 0 aromatic heterocycles. The van der Waals surface area contributed by atoms with E-state index in [-0.39, 0.29) is 68.9 Å². The van der Waals surface area contributed by atoms with Crippen LogP contribution < -0.4 is 0 Å². The molecule has 0 aliphatic carbocycles. The molecular formula is CsI3Sn. The minimum absolute atomic E-state index is 0. The van der Waals surface area contributed by atoms with Gasteiger partial charge in [0.2, 0.25) is 0 Å². The predicted molar refractivity (Wildman–Crippen MR) is 53.6 cm³/mol. The first-order chi connectivity index (χ1) is 1.73. The van der Waals surface area contributed by atoms with Crippen molar-refractivity contribution in [2.75, 3.05) is 0 Å². The summed E-state index contributed by atoms with van der Waals surface area (Å²) in [6.07, 6.45) is 0. The Kier molecular flexibility index (Phi) is 23.0. The average molecular weight is 632 g/mol. The van der Waals surface area contributed by atoms with Gasteiger partial charge in [-0.05, 0) is 0 Å². The third-order valence-electron chi connectivity index (χ3n) is 0. The normalized spacial score (nSPS) is 7.20. The predicted octanol–water partition coefficient (Wildman–Crippen LogP) is 1.90. The van der Waals surface area contributed by atoms with E-state index in [1.54, 1.807) is 0 Å². The molecule has 0 fully saturated rings. The van der Waals surface area contributed by atoms with Gasteiger partial charge < -0.3 is 0 Å². The zero-order valence-corrected chi connectivity index (χ0v) is 18.2. The van der Waals surface area contributed by atoms with Crippen molar-refractivity contribution in [3.8, 4) is 0 Å². The molecule has 0 unspecified atom stereocenters. The minimum atomic E-state index is -0.633. The summed E-state index contributed by atoms with van der Waals surface area (Å²) >= 11 is 7.54. The van der Waals surface area contributed by atoms with Crippen LogP contribution >= 0.6 is 55.9 Å². The van der Waals surface area contributed by atoms with Gasteiger partial charge in [0.15, 0.2) is 0 Å². The molecule has 2 radical (unpaired) electrons. The summed E-state index contributed by atoms with van der Waals surface area (Å²) in [7, 11) is -0.633. The van der Waals surface area contributed by atoms with Crippen LogP contribution in [-0.4, -0.2) is 76.7 Å². The van der Waals surface area contributed by atoms with E-state index in [0.717, 1.165) is 0 Å². The second-order valence-corrected chi connectivity index (χ2v) is 64.7. The third kappa shape index (κ3) is 17.6. The monoisotopic (exact) mass is 634 g/mol. The van der Waals surface area contributed by atoms with Gasteiger partial charge in [0, 0.05) is 68.9 Å². The molecule has 0 aromatic carbocycles. The summed E-state index contributed by atoms with van der Waals surface area (Å²) in [5, 5.41) is 0. The Morgan fingerprint density at radius 3 is 1.00 bits per heavy atom. The Balaban J connectivity index is 0. The molecule has 0 heterocycles. The number of rotatable bonds is 0. The van der Waals surface area contributed by atoms with Crippen LogP contribution in [0.2, 0.25) is 0 Å². The van der Waals surface area contributed by atoms with Gasteiger partial charge in [0.05, 0.1) is 0 Å². The van der Waals surface area contributed by atoms with Crippen LogP contribution in [-0.2, 0) is 0 Å². The molecule has 0 bridgehead atoms. The van der Waals surface area contributed by atoms with Crippen LogP contribution in [0.3, 0.4) is 0 Å². The fourth-order valence-electron chi connectivity index (χ4n) is 0. The summed E-state index contributed by atoms with van der Waals surface area (Å²) in [6, 6.07) is 0.